The van der Waals surface area contributed by atoms with Gasteiger partial charge < -0.3 is 20.4 Å². The quantitative estimate of drug-likeness (QED) is 0.399. The van der Waals surface area contributed by atoms with Gasteiger partial charge in [0.15, 0.2) is 0 Å². The molecule has 1 saturated carbocycles. The van der Waals surface area contributed by atoms with Gasteiger partial charge in [-0.05, 0) is 37.9 Å². The normalized spacial score (nSPS) is 37.5. The number of aliphatic hydroxyl groups excluding tert-OH is 3. The summed E-state index contributed by atoms with van der Waals surface area (Å²) in [5.41, 5.74) is 0. The topological polar surface area (TPSA) is 98.0 Å². The average molecular weight is 366 g/mol. The van der Waals surface area contributed by atoms with E-state index in [1.807, 2.05) is 0 Å². The maximum absolute atomic E-state index is 10.6. The van der Waals surface area contributed by atoms with Gasteiger partial charge in [0.25, 0.3) is 0 Å². The van der Waals surface area contributed by atoms with E-state index >= 15 is 0 Å². The molecule has 0 aromatic carbocycles. The smallest absolute Gasteiger partial charge is 0.303 e. The van der Waals surface area contributed by atoms with Crippen LogP contribution in [0.2, 0.25) is 0 Å². The fourth-order valence-electron chi connectivity index (χ4n) is 2.91. The largest absolute Gasteiger partial charge is 0.481 e. The van der Waals surface area contributed by atoms with Crippen LogP contribution in [0.25, 0.3) is 0 Å². The van der Waals surface area contributed by atoms with Crippen molar-refractivity contribution in [3.8, 4) is 0 Å². The van der Waals surface area contributed by atoms with Gasteiger partial charge in [0, 0.05) is 33.8 Å². The zero-order valence-corrected chi connectivity index (χ0v) is 13.9. The molecule has 144 valence electrons. The molecule has 1 aliphatic rings. The highest BCUT2D eigenvalue weighted by Gasteiger charge is 2.39. The number of hydrogen-bond acceptors (Lipinski definition) is 4. The Labute approximate surface area is 166 Å². The molecule has 25 heavy (non-hydrogen) atoms. The SMILES string of the molecule is [2H]C([2H])([2H])C([2H])([2H])C([2H])([2H])C([2H])([2H])C([2H])([2H])/C=C\C[C@H]1[C@@H](/C=C/[C@@H](O)CCCC(=O)O)[C@@H](O)C[C@H]1O. The predicted molar refractivity (Wildman–Crippen MR) is 98.1 cm³/mol. The van der Waals surface area contributed by atoms with Crippen molar-refractivity contribution in [3.63, 3.8) is 0 Å². The van der Waals surface area contributed by atoms with Gasteiger partial charge in [-0.15, -0.1) is 0 Å². The summed E-state index contributed by atoms with van der Waals surface area (Å²) in [4.78, 5) is 10.6. The lowest BCUT2D eigenvalue weighted by atomic mass is 9.89. The molecule has 1 rings (SSSR count). The first-order valence-corrected chi connectivity index (χ1v) is 8.22. The van der Waals surface area contributed by atoms with Crippen LogP contribution in [0.15, 0.2) is 24.3 Å². The van der Waals surface area contributed by atoms with Crippen LogP contribution < -0.4 is 0 Å². The van der Waals surface area contributed by atoms with Crippen LogP contribution in [-0.4, -0.2) is 44.7 Å². The second kappa shape index (κ2) is 12.2. The van der Waals surface area contributed by atoms with Crippen molar-refractivity contribution in [2.75, 3.05) is 0 Å². The molecule has 0 amide bonds. The van der Waals surface area contributed by atoms with Crippen molar-refractivity contribution in [3.05, 3.63) is 24.3 Å². The Kier molecular flexibility index (Phi) is 5.01. The summed E-state index contributed by atoms with van der Waals surface area (Å²) in [5.74, 6) is -2.34. The average Bonchev–Trinajstić information content (AvgIpc) is 2.97. The number of hydrogen-bond donors (Lipinski definition) is 4. The van der Waals surface area contributed by atoms with Gasteiger partial charge in [0.05, 0.1) is 18.3 Å². The molecule has 0 unspecified atom stereocenters. The van der Waals surface area contributed by atoms with Gasteiger partial charge in [-0.25, -0.2) is 0 Å². The van der Waals surface area contributed by atoms with Crippen molar-refractivity contribution < 1.29 is 40.3 Å². The predicted octanol–water partition coefficient (Wildman–Crippen LogP) is 3.04. The van der Waals surface area contributed by atoms with E-state index in [-0.39, 0.29) is 32.1 Å². The highest BCUT2D eigenvalue weighted by atomic mass is 16.4. The molecule has 0 heterocycles. The van der Waals surface area contributed by atoms with Crippen LogP contribution in [0, 0.1) is 11.8 Å². The van der Waals surface area contributed by atoms with Crippen LogP contribution in [0.5, 0.6) is 0 Å². The molecule has 5 heteroatoms. The number of carboxylic acids is 1. The fraction of sp³-hybridized carbons (Fsp3) is 0.750. The molecule has 0 aromatic heterocycles. The minimum absolute atomic E-state index is 0.0162. The molecule has 4 N–H and O–H groups in total. The number of aliphatic hydroxyl groups is 3. The number of rotatable bonds is 12. The maximum Gasteiger partial charge on any atom is 0.303 e. The second-order valence-electron chi connectivity index (χ2n) is 6.01. The van der Waals surface area contributed by atoms with E-state index in [1.165, 1.54) is 12.2 Å². The van der Waals surface area contributed by atoms with E-state index in [0.717, 1.165) is 6.08 Å². The zero-order valence-electron chi connectivity index (χ0n) is 24.9. The molecule has 0 bridgehead atoms. The number of aliphatic carboxylic acids is 1. The fourth-order valence-corrected chi connectivity index (χ4v) is 2.91. The molecular formula is C20H34O5. The van der Waals surface area contributed by atoms with Gasteiger partial charge >= 0.3 is 5.97 Å². The summed E-state index contributed by atoms with van der Waals surface area (Å²) in [6.07, 6.45) is -12.5. The van der Waals surface area contributed by atoms with Crippen molar-refractivity contribution in [1.82, 2.24) is 0 Å². The lowest BCUT2D eigenvalue weighted by Gasteiger charge is -2.19. The van der Waals surface area contributed by atoms with E-state index < -0.39 is 68.5 Å². The van der Waals surface area contributed by atoms with Crippen LogP contribution >= 0.6 is 0 Å². The van der Waals surface area contributed by atoms with Crippen LogP contribution in [-0.2, 0) is 4.79 Å². The second-order valence-corrected chi connectivity index (χ2v) is 6.01. The summed E-state index contributed by atoms with van der Waals surface area (Å²) >= 11 is 0. The molecule has 5 atom stereocenters. The molecule has 5 nitrogen and oxygen atoms in total. The summed E-state index contributed by atoms with van der Waals surface area (Å²) < 4.78 is 84.6. The lowest BCUT2D eigenvalue weighted by Crippen LogP contribution is -2.20. The Hall–Kier alpha value is -1.17. The highest BCUT2D eigenvalue weighted by Crippen LogP contribution is 2.36. The van der Waals surface area contributed by atoms with E-state index in [1.54, 1.807) is 0 Å². The summed E-state index contributed by atoms with van der Waals surface area (Å²) in [6.45, 7) is -3.56. The Balaban J connectivity index is 3.02. The number of allylic oxidation sites excluding steroid dienone is 2. The number of carboxylic acid groups (broad SMARTS) is 1. The van der Waals surface area contributed by atoms with E-state index in [4.69, 9.17) is 20.2 Å². The van der Waals surface area contributed by atoms with Gasteiger partial charge in [0.1, 0.15) is 0 Å². The Morgan fingerprint density at radius 3 is 2.84 bits per heavy atom. The van der Waals surface area contributed by atoms with Gasteiger partial charge in [0.2, 0.25) is 0 Å². The van der Waals surface area contributed by atoms with Crippen LogP contribution in [0.3, 0.4) is 0 Å². The first kappa shape index (κ1) is 10.2. The third kappa shape index (κ3) is 8.66. The Morgan fingerprint density at radius 1 is 1.32 bits per heavy atom. The van der Waals surface area contributed by atoms with E-state index in [2.05, 4.69) is 0 Å². The molecule has 0 saturated heterocycles. The standard InChI is InChI=1S/C20H34O5/c1-2-3-4-5-6-7-10-16-17(19(23)14-18(16)22)13-12-15(21)9-8-11-20(24)25/h6-7,12-13,15-19,21-23H,2-5,8-11,14H2,1H3,(H,24,25)/b7-6-,13-12+/t15-,16-,17+,18+,19-/m0/s1/i1D3,2D2,3D2,4D2,5D2. The third-order valence-electron chi connectivity index (χ3n) is 4.17. The summed E-state index contributed by atoms with van der Waals surface area (Å²) in [6, 6.07) is 0. The van der Waals surface area contributed by atoms with Crippen molar-refractivity contribution in [1.29, 1.82) is 0 Å². The molecule has 1 aliphatic carbocycles. The van der Waals surface area contributed by atoms with Crippen molar-refractivity contribution in [2.24, 2.45) is 11.8 Å². The minimum atomic E-state index is -3.76. The monoisotopic (exact) mass is 365 g/mol. The Morgan fingerprint density at radius 2 is 2.12 bits per heavy atom. The van der Waals surface area contributed by atoms with Crippen molar-refractivity contribution >= 4 is 5.97 Å². The van der Waals surface area contributed by atoms with Gasteiger partial charge in [-0.1, -0.05) is 43.9 Å². The first-order valence-electron chi connectivity index (χ1n) is 13.7. The van der Waals surface area contributed by atoms with E-state index in [0.29, 0.717) is 6.08 Å². The van der Waals surface area contributed by atoms with Gasteiger partial charge in [-0.3, -0.25) is 4.79 Å². The van der Waals surface area contributed by atoms with Crippen molar-refractivity contribution in [2.45, 2.75) is 82.8 Å². The Bertz CT molecular complexity index is 810. The van der Waals surface area contributed by atoms with Crippen LogP contribution in [0.4, 0.5) is 0 Å². The number of carbonyl (C=O) groups is 1. The maximum atomic E-state index is 10.6. The highest BCUT2D eigenvalue weighted by molar-refractivity contribution is 5.66. The lowest BCUT2D eigenvalue weighted by molar-refractivity contribution is -0.137. The third-order valence-corrected chi connectivity index (χ3v) is 4.17. The summed E-state index contributed by atoms with van der Waals surface area (Å²) in [5, 5.41) is 39.2. The zero-order chi connectivity index (χ0) is 28.3. The molecule has 1 fully saturated rings. The van der Waals surface area contributed by atoms with E-state index in [9.17, 15) is 20.1 Å². The van der Waals surface area contributed by atoms with Crippen LogP contribution in [0.1, 0.15) is 79.5 Å². The molecule has 0 aliphatic heterocycles. The molecule has 0 radical (unpaired) electrons. The molecular weight excluding hydrogens is 320 g/mol. The minimum Gasteiger partial charge on any atom is -0.481 e. The summed E-state index contributed by atoms with van der Waals surface area (Å²) in [7, 11) is 0. The molecule has 0 spiro atoms. The first-order chi connectivity index (χ1) is 16.1. The molecule has 0 aromatic rings. The van der Waals surface area contributed by atoms with Gasteiger partial charge in [-0.2, -0.15) is 0 Å².